The van der Waals surface area contributed by atoms with Crippen LogP contribution in [0.1, 0.15) is 23.9 Å². The van der Waals surface area contributed by atoms with Crippen molar-refractivity contribution in [3.63, 3.8) is 0 Å². The number of aryl methyl sites for hydroxylation is 1. The van der Waals surface area contributed by atoms with Crippen LogP contribution in [0, 0.1) is 13.8 Å². The molecule has 0 atom stereocenters. The number of nitrogens with zero attached hydrogens (tertiary/aromatic N) is 3. The van der Waals surface area contributed by atoms with Gasteiger partial charge in [-0.15, -0.1) is 0 Å². The summed E-state index contributed by atoms with van der Waals surface area (Å²) in [4.78, 5) is 4.32. The maximum Gasteiger partial charge on any atom is 0.168 e. The van der Waals surface area contributed by atoms with Crippen molar-refractivity contribution >= 4 is 27.5 Å². The van der Waals surface area contributed by atoms with E-state index >= 15 is 0 Å². The van der Waals surface area contributed by atoms with E-state index in [1.807, 2.05) is 17.7 Å². The SMILES string of the molecule is CCc1c(C)nn(-c2ncc(Cl)cc2Br)c1C. The first-order chi connectivity index (χ1) is 8.04. The van der Waals surface area contributed by atoms with Crippen LogP contribution in [0.4, 0.5) is 0 Å². The summed E-state index contributed by atoms with van der Waals surface area (Å²) in [5, 5.41) is 5.13. The second-order valence-electron chi connectivity index (χ2n) is 3.87. The predicted molar refractivity (Wildman–Crippen MR) is 72.9 cm³/mol. The zero-order valence-electron chi connectivity index (χ0n) is 9.96. The monoisotopic (exact) mass is 313 g/mol. The minimum Gasteiger partial charge on any atom is -0.235 e. The van der Waals surface area contributed by atoms with Gasteiger partial charge in [-0.05, 0) is 47.8 Å². The van der Waals surface area contributed by atoms with Gasteiger partial charge >= 0.3 is 0 Å². The number of halogens is 2. The second kappa shape index (κ2) is 4.78. The summed E-state index contributed by atoms with van der Waals surface area (Å²) in [6.45, 7) is 6.21. The summed E-state index contributed by atoms with van der Waals surface area (Å²) >= 11 is 9.35. The van der Waals surface area contributed by atoms with Crippen LogP contribution in [0.15, 0.2) is 16.7 Å². The maximum atomic E-state index is 5.89. The first-order valence-corrected chi connectivity index (χ1v) is 6.58. The lowest BCUT2D eigenvalue weighted by Gasteiger charge is -2.06. The van der Waals surface area contributed by atoms with E-state index in [1.54, 1.807) is 6.20 Å². The van der Waals surface area contributed by atoms with E-state index in [2.05, 4.69) is 39.9 Å². The summed E-state index contributed by atoms with van der Waals surface area (Å²) < 4.78 is 2.70. The quantitative estimate of drug-likeness (QED) is 0.842. The summed E-state index contributed by atoms with van der Waals surface area (Å²) in [7, 11) is 0. The highest BCUT2D eigenvalue weighted by atomic mass is 79.9. The molecule has 0 unspecified atom stereocenters. The molecule has 0 aromatic carbocycles. The van der Waals surface area contributed by atoms with Crippen LogP contribution in [0.3, 0.4) is 0 Å². The van der Waals surface area contributed by atoms with Crippen molar-refractivity contribution in [2.24, 2.45) is 0 Å². The van der Waals surface area contributed by atoms with Gasteiger partial charge in [0.2, 0.25) is 0 Å². The molecule has 0 aliphatic rings. The fourth-order valence-corrected chi connectivity index (χ4v) is 2.76. The van der Waals surface area contributed by atoms with E-state index < -0.39 is 0 Å². The topological polar surface area (TPSA) is 30.7 Å². The second-order valence-corrected chi connectivity index (χ2v) is 5.16. The minimum absolute atomic E-state index is 0.609. The van der Waals surface area contributed by atoms with Crippen LogP contribution in [-0.4, -0.2) is 14.8 Å². The third-order valence-corrected chi connectivity index (χ3v) is 3.57. The summed E-state index contributed by atoms with van der Waals surface area (Å²) in [5.41, 5.74) is 3.45. The molecule has 0 N–H and O–H groups in total. The van der Waals surface area contributed by atoms with Crippen molar-refractivity contribution in [3.8, 4) is 5.82 Å². The lowest BCUT2D eigenvalue weighted by Crippen LogP contribution is -2.03. The van der Waals surface area contributed by atoms with Crippen LogP contribution >= 0.6 is 27.5 Å². The van der Waals surface area contributed by atoms with Crippen LogP contribution < -0.4 is 0 Å². The van der Waals surface area contributed by atoms with E-state index in [0.717, 1.165) is 28.1 Å². The highest BCUT2D eigenvalue weighted by Crippen LogP contribution is 2.25. The average molecular weight is 315 g/mol. The van der Waals surface area contributed by atoms with E-state index in [1.165, 1.54) is 5.56 Å². The molecule has 0 amide bonds. The van der Waals surface area contributed by atoms with Gasteiger partial charge in [0.15, 0.2) is 5.82 Å². The van der Waals surface area contributed by atoms with E-state index in [9.17, 15) is 0 Å². The number of aromatic nitrogens is 3. The average Bonchev–Trinajstić information content (AvgIpc) is 2.54. The van der Waals surface area contributed by atoms with Gasteiger partial charge in [0, 0.05) is 11.9 Å². The molecule has 0 saturated carbocycles. The van der Waals surface area contributed by atoms with Crippen molar-refractivity contribution in [1.29, 1.82) is 0 Å². The van der Waals surface area contributed by atoms with Crippen LogP contribution in [-0.2, 0) is 6.42 Å². The van der Waals surface area contributed by atoms with Gasteiger partial charge in [-0.2, -0.15) is 5.10 Å². The molecule has 2 aromatic rings. The van der Waals surface area contributed by atoms with Crippen molar-refractivity contribution in [3.05, 3.63) is 38.7 Å². The Balaban J connectivity index is 2.61. The van der Waals surface area contributed by atoms with Crippen molar-refractivity contribution in [1.82, 2.24) is 14.8 Å². The lowest BCUT2D eigenvalue weighted by atomic mass is 10.1. The molecule has 17 heavy (non-hydrogen) atoms. The van der Waals surface area contributed by atoms with E-state index in [-0.39, 0.29) is 0 Å². The Hall–Kier alpha value is -0.870. The van der Waals surface area contributed by atoms with E-state index in [0.29, 0.717) is 5.02 Å². The van der Waals surface area contributed by atoms with Crippen LogP contribution in [0.2, 0.25) is 5.02 Å². The molecule has 2 aromatic heterocycles. The Morgan fingerprint density at radius 1 is 1.41 bits per heavy atom. The molecule has 0 bridgehead atoms. The molecule has 0 aliphatic carbocycles. The number of hydrogen-bond donors (Lipinski definition) is 0. The smallest absolute Gasteiger partial charge is 0.168 e. The maximum absolute atomic E-state index is 5.89. The molecule has 90 valence electrons. The lowest BCUT2D eigenvalue weighted by molar-refractivity contribution is 0.801. The predicted octanol–water partition coefficient (Wildman–Crippen LogP) is 3.86. The Bertz CT molecular complexity index is 563. The highest BCUT2D eigenvalue weighted by molar-refractivity contribution is 9.10. The fourth-order valence-electron chi connectivity index (χ4n) is 1.96. The Morgan fingerprint density at radius 3 is 2.65 bits per heavy atom. The zero-order chi connectivity index (χ0) is 12.6. The molecule has 0 spiro atoms. The summed E-state index contributed by atoms with van der Waals surface area (Å²) in [6, 6.07) is 1.83. The van der Waals surface area contributed by atoms with Gasteiger partial charge in [0.25, 0.3) is 0 Å². The zero-order valence-corrected chi connectivity index (χ0v) is 12.3. The molecule has 5 heteroatoms. The molecule has 0 saturated heterocycles. The number of pyridine rings is 1. The molecule has 0 fully saturated rings. The van der Waals surface area contributed by atoms with Gasteiger partial charge in [-0.25, -0.2) is 9.67 Å². The standard InChI is InChI=1S/C12H13BrClN3/c1-4-10-7(2)16-17(8(10)3)12-11(13)5-9(14)6-15-12/h5-6H,4H2,1-3H3. The van der Waals surface area contributed by atoms with E-state index in [4.69, 9.17) is 11.6 Å². The Kier molecular flexibility index (Phi) is 3.54. The van der Waals surface area contributed by atoms with Gasteiger partial charge in [-0.1, -0.05) is 18.5 Å². The number of rotatable bonds is 2. The van der Waals surface area contributed by atoms with Gasteiger partial charge in [-0.3, -0.25) is 0 Å². The summed E-state index contributed by atoms with van der Waals surface area (Å²) in [6.07, 6.45) is 2.60. The first kappa shape index (κ1) is 12.6. The molecule has 2 heterocycles. The molecule has 2 rings (SSSR count). The molecule has 0 aliphatic heterocycles. The fraction of sp³-hybridized carbons (Fsp3) is 0.333. The Labute approximate surface area is 114 Å². The van der Waals surface area contributed by atoms with Crippen molar-refractivity contribution in [2.45, 2.75) is 27.2 Å². The third-order valence-electron chi connectivity index (χ3n) is 2.78. The number of hydrogen-bond acceptors (Lipinski definition) is 2. The van der Waals surface area contributed by atoms with Crippen molar-refractivity contribution < 1.29 is 0 Å². The normalized spacial score (nSPS) is 10.9. The van der Waals surface area contributed by atoms with Crippen LogP contribution in [0.5, 0.6) is 0 Å². The van der Waals surface area contributed by atoms with Gasteiger partial charge < -0.3 is 0 Å². The first-order valence-electron chi connectivity index (χ1n) is 5.41. The van der Waals surface area contributed by atoms with Gasteiger partial charge in [0.05, 0.1) is 15.2 Å². The van der Waals surface area contributed by atoms with Crippen molar-refractivity contribution in [2.75, 3.05) is 0 Å². The Morgan fingerprint density at radius 2 is 2.12 bits per heavy atom. The molecular formula is C12H13BrClN3. The minimum atomic E-state index is 0.609. The summed E-state index contributed by atoms with van der Waals surface area (Å²) in [5.74, 6) is 0.773. The highest BCUT2D eigenvalue weighted by Gasteiger charge is 2.14. The molecule has 0 radical (unpaired) electrons. The molecule has 3 nitrogen and oxygen atoms in total. The largest absolute Gasteiger partial charge is 0.235 e. The van der Waals surface area contributed by atoms with Gasteiger partial charge in [0.1, 0.15) is 0 Å². The van der Waals surface area contributed by atoms with Crippen LogP contribution in [0.25, 0.3) is 5.82 Å². The third kappa shape index (κ3) is 2.24. The molecular weight excluding hydrogens is 302 g/mol.